The van der Waals surface area contributed by atoms with Gasteiger partial charge in [-0.3, -0.25) is 4.18 Å². The van der Waals surface area contributed by atoms with Crippen LogP contribution in [-0.2, 0) is 23.5 Å². The van der Waals surface area contributed by atoms with Crippen LogP contribution in [0.15, 0.2) is 60.7 Å². The Labute approximate surface area is 191 Å². The largest absolute Gasteiger partial charge is 0.405 e. The third-order valence-corrected chi connectivity index (χ3v) is 12.2. The fourth-order valence-electron chi connectivity index (χ4n) is 4.05. The highest BCUT2D eigenvalue weighted by Gasteiger charge is 2.52. The first-order chi connectivity index (χ1) is 14.7. The molecule has 0 unspecified atom stereocenters. The van der Waals surface area contributed by atoms with Gasteiger partial charge in [-0.2, -0.15) is 8.42 Å². The molecule has 3 rings (SSSR count). The molecule has 2 atom stereocenters. The van der Waals surface area contributed by atoms with Gasteiger partial charge in [0.25, 0.3) is 18.4 Å². The third kappa shape index (κ3) is 5.97. The summed E-state index contributed by atoms with van der Waals surface area (Å²) in [5, 5.41) is 1.88. The van der Waals surface area contributed by atoms with E-state index in [4.69, 9.17) is 24.9 Å². The lowest BCUT2D eigenvalue weighted by atomic mass is 10.2. The molecule has 170 valence electrons. The molecule has 2 aromatic rings. The summed E-state index contributed by atoms with van der Waals surface area (Å²) in [7, 11) is -6.18. The van der Waals surface area contributed by atoms with E-state index in [-0.39, 0.29) is 23.9 Å². The number of hydrogen-bond acceptors (Lipinski definition) is 5. The third-order valence-electron chi connectivity index (χ3n) is 5.60. The Morgan fingerprint density at radius 2 is 1.52 bits per heavy atom. The van der Waals surface area contributed by atoms with E-state index in [1.165, 1.54) is 10.4 Å². The van der Waals surface area contributed by atoms with Crippen LogP contribution in [0.5, 0.6) is 0 Å². The van der Waals surface area contributed by atoms with Crippen LogP contribution < -0.4 is 10.4 Å². The van der Waals surface area contributed by atoms with Gasteiger partial charge in [0.1, 0.15) is 11.3 Å². The lowest BCUT2D eigenvalue weighted by Crippen LogP contribution is -2.66. The monoisotopic (exact) mass is 482 g/mol. The average molecular weight is 483 g/mol. The maximum Gasteiger partial charge on any atom is 0.281 e. The molecular weight excluding hydrogens is 452 g/mol. The molecular formula is C23H31ClO5SSi. The average Bonchev–Trinajstić information content (AvgIpc) is 3.50. The highest BCUT2D eigenvalue weighted by atomic mass is 35.5. The van der Waals surface area contributed by atoms with Crippen LogP contribution >= 0.6 is 11.6 Å². The Morgan fingerprint density at radius 1 is 0.968 bits per heavy atom. The van der Waals surface area contributed by atoms with Crippen molar-refractivity contribution in [2.24, 2.45) is 0 Å². The van der Waals surface area contributed by atoms with Gasteiger partial charge in [-0.1, -0.05) is 81.4 Å². The zero-order valence-electron chi connectivity index (χ0n) is 18.3. The Morgan fingerprint density at radius 3 is 2.00 bits per heavy atom. The highest BCUT2D eigenvalue weighted by molar-refractivity contribution is 7.87. The number of hydrogen-bond donors (Lipinski definition) is 0. The summed E-state index contributed by atoms with van der Waals surface area (Å²) >= 11 is 5.34. The smallest absolute Gasteiger partial charge is 0.281 e. The van der Waals surface area contributed by atoms with Gasteiger partial charge in [-0.25, -0.2) is 0 Å². The van der Waals surface area contributed by atoms with E-state index in [0.29, 0.717) is 13.0 Å². The van der Waals surface area contributed by atoms with E-state index in [1.54, 1.807) is 0 Å². The Bertz CT molecular complexity index is 892. The number of benzene rings is 2. The molecule has 0 N–H and O–H groups in total. The Kier molecular flexibility index (Phi) is 7.99. The molecule has 0 aromatic heterocycles. The van der Waals surface area contributed by atoms with Crippen molar-refractivity contribution < 1.29 is 21.8 Å². The van der Waals surface area contributed by atoms with Crippen LogP contribution in [0, 0.1) is 0 Å². The molecule has 0 saturated carbocycles. The molecule has 8 heteroatoms. The van der Waals surface area contributed by atoms with Gasteiger partial charge in [-0.05, 0) is 28.3 Å². The standard InChI is InChI=1S/C23H31ClO5SSi/c1-23(2,3)31(19-11-6-4-7-12-19,20-13-8-5-9-14-20)28-17-22-21(29-22)15-10-16-27-30(25,26)18-24/h4-9,11-14,21-22H,10,15-18H2,1-3H3/t21-,22+/m0/s1. The fourth-order valence-corrected chi connectivity index (χ4v) is 9.24. The summed E-state index contributed by atoms with van der Waals surface area (Å²) in [5.41, 5.74) is 0. The molecule has 1 saturated heterocycles. The van der Waals surface area contributed by atoms with E-state index in [1.807, 2.05) is 12.1 Å². The minimum Gasteiger partial charge on any atom is -0.405 e. The predicted molar refractivity (Wildman–Crippen MR) is 127 cm³/mol. The van der Waals surface area contributed by atoms with Crippen LogP contribution in [0.2, 0.25) is 5.04 Å². The SMILES string of the molecule is CC(C)(C)[Si](OC[C@H]1O[C@H]1CCCOS(=O)(=O)CCl)(c1ccccc1)c1ccccc1. The zero-order valence-corrected chi connectivity index (χ0v) is 20.9. The molecule has 2 aromatic carbocycles. The molecule has 1 fully saturated rings. The maximum atomic E-state index is 11.3. The summed E-state index contributed by atoms with van der Waals surface area (Å²) in [6, 6.07) is 21.0. The van der Waals surface area contributed by atoms with Crippen LogP contribution in [0.1, 0.15) is 33.6 Å². The minimum absolute atomic E-state index is 0.0197. The first kappa shape index (κ1) is 24.4. The molecule has 31 heavy (non-hydrogen) atoms. The molecule has 5 nitrogen and oxygen atoms in total. The Hall–Kier alpha value is -1.22. The molecule has 0 amide bonds. The summed E-state index contributed by atoms with van der Waals surface area (Å²) in [6.07, 6.45) is 1.41. The lowest BCUT2D eigenvalue weighted by molar-refractivity contribution is 0.246. The van der Waals surface area contributed by atoms with Crippen LogP contribution in [-0.4, -0.2) is 47.4 Å². The minimum atomic E-state index is -3.61. The summed E-state index contributed by atoms with van der Waals surface area (Å²) in [5.74, 6) is 0. The predicted octanol–water partition coefficient (Wildman–Crippen LogP) is 3.65. The molecule has 1 aliphatic heterocycles. The van der Waals surface area contributed by atoms with Crippen molar-refractivity contribution in [2.45, 2.75) is 50.9 Å². The van der Waals surface area contributed by atoms with Crippen LogP contribution in [0.3, 0.4) is 0 Å². The van der Waals surface area contributed by atoms with Gasteiger partial charge in [0, 0.05) is 0 Å². The Balaban J connectivity index is 1.69. The van der Waals surface area contributed by atoms with Crippen molar-refractivity contribution in [1.29, 1.82) is 0 Å². The topological polar surface area (TPSA) is 65.1 Å². The lowest BCUT2D eigenvalue weighted by Gasteiger charge is -2.43. The normalized spacial score (nSPS) is 19.4. The second-order valence-corrected chi connectivity index (χ2v) is 15.3. The van der Waals surface area contributed by atoms with Crippen LogP contribution in [0.25, 0.3) is 0 Å². The van der Waals surface area contributed by atoms with Gasteiger partial charge in [0.15, 0.2) is 0 Å². The highest BCUT2D eigenvalue weighted by Crippen LogP contribution is 2.38. The van der Waals surface area contributed by atoms with Crippen molar-refractivity contribution in [3.63, 3.8) is 0 Å². The molecule has 0 spiro atoms. The quantitative estimate of drug-likeness (QED) is 0.161. The van der Waals surface area contributed by atoms with Gasteiger partial charge in [0.2, 0.25) is 0 Å². The number of halogens is 1. The van der Waals surface area contributed by atoms with E-state index in [0.717, 1.165) is 6.42 Å². The molecule has 0 bridgehead atoms. The second-order valence-electron chi connectivity index (χ2n) is 8.82. The first-order valence-corrected chi connectivity index (χ1v) is 14.6. The second kappa shape index (κ2) is 10.1. The van der Waals surface area contributed by atoms with Gasteiger partial charge in [0.05, 0.1) is 19.3 Å². The van der Waals surface area contributed by atoms with Gasteiger partial charge < -0.3 is 9.16 Å². The van der Waals surface area contributed by atoms with E-state index in [2.05, 4.69) is 69.3 Å². The van der Waals surface area contributed by atoms with E-state index in [9.17, 15) is 8.42 Å². The van der Waals surface area contributed by atoms with E-state index >= 15 is 0 Å². The van der Waals surface area contributed by atoms with Crippen LogP contribution in [0.4, 0.5) is 0 Å². The first-order valence-electron chi connectivity index (χ1n) is 10.5. The van der Waals surface area contributed by atoms with E-state index < -0.39 is 23.6 Å². The summed E-state index contributed by atoms with van der Waals surface area (Å²) in [4.78, 5) is 0. The van der Waals surface area contributed by atoms with Crippen molar-refractivity contribution in [1.82, 2.24) is 0 Å². The van der Waals surface area contributed by atoms with Crippen molar-refractivity contribution in [3.05, 3.63) is 60.7 Å². The molecule has 1 aliphatic rings. The zero-order chi connectivity index (χ0) is 22.5. The summed E-state index contributed by atoms with van der Waals surface area (Å²) < 4.78 is 40.1. The summed E-state index contributed by atoms with van der Waals surface area (Å²) in [6.45, 7) is 7.38. The van der Waals surface area contributed by atoms with Gasteiger partial charge in [-0.15, -0.1) is 11.6 Å². The number of alkyl halides is 1. The fraction of sp³-hybridized carbons (Fsp3) is 0.478. The molecule has 0 radical (unpaired) electrons. The maximum absolute atomic E-state index is 11.3. The van der Waals surface area contributed by atoms with Crippen molar-refractivity contribution >= 4 is 40.4 Å². The molecule has 0 aliphatic carbocycles. The number of ether oxygens (including phenoxy) is 1. The molecule has 1 heterocycles. The van der Waals surface area contributed by atoms with Gasteiger partial charge >= 0.3 is 0 Å². The van der Waals surface area contributed by atoms with Crippen molar-refractivity contribution in [3.8, 4) is 0 Å². The number of epoxide rings is 1. The number of rotatable bonds is 11. The van der Waals surface area contributed by atoms with Crippen molar-refractivity contribution in [2.75, 3.05) is 18.4 Å².